The van der Waals surface area contributed by atoms with Gasteiger partial charge in [-0.25, -0.2) is 0 Å². The lowest BCUT2D eigenvalue weighted by Crippen LogP contribution is -2.27. The highest BCUT2D eigenvalue weighted by Gasteiger charge is 1.99. The van der Waals surface area contributed by atoms with Gasteiger partial charge in [0.05, 0.1) is 0 Å². The molecule has 0 bridgehead atoms. The predicted molar refractivity (Wildman–Crippen MR) is 75.8 cm³/mol. The maximum atomic E-state index is 11.2. The molecule has 3 N–H and O–H groups in total. The van der Waals surface area contributed by atoms with E-state index >= 15 is 0 Å². The molecule has 0 saturated heterocycles. The lowest BCUT2D eigenvalue weighted by Gasteiger charge is -2.06. The Labute approximate surface area is 113 Å². The van der Waals surface area contributed by atoms with Gasteiger partial charge in [0.25, 0.3) is 0 Å². The fourth-order valence-electron chi connectivity index (χ4n) is 1.63. The van der Waals surface area contributed by atoms with Crippen LogP contribution in [0, 0.1) is 0 Å². The van der Waals surface area contributed by atoms with Crippen molar-refractivity contribution < 1.29 is 9.59 Å². The zero-order valence-electron chi connectivity index (χ0n) is 11.5. The summed E-state index contributed by atoms with van der Waals surface area (Å²) in [7, 11) is 0. The number of carbonyl (C=O) groups excluding carboxylic acids is 2. The molecule has 0 aromatic heterocycles. The van der Waals surface area contributed by atoms with Crippen molar-refractivity contribution in [2.45, 2.75) is 26.8 Å². The Morgan fingerprint density at radius 3 is 2.42 bits per heavy atom. The van der Waals surface area contributed by atoms with Crippen molar-refractivity contribution in [2.75, 3.05) is 18.4 Å². The average Bonchev–Trinajstić information content (AvgIpc) is 2.36. The van der Waals surface area contributed by atoms with E-state index in [1.54, 1.807) is 0 Å². The third kappa shape index (κ3) is 6.57. The van der Waals surface area contributed by atoms with Crippen molar-refractivity contribution in [3.8, 4) is 0 Å². The topological polar surface area (TPSA) is 70.2 Å². The summed E-state index contributed by atoms with van der Waals surface area (Å²) in [4.78, 5) is 22.1. The maximum Gasteiger partial charge on any atom is 0.221 e. The first-order valence-corrected chi connectivity index (χ1v) is 6.45. The molecule has 1 aromatic rings. The van der Waals surface area contributed by atoms with Crippen LogP contribution in [0.2, 0.25) is 0 Å². The van der Waals surface area contributed by atoms with Gasteiger partial charge in [0.1, 0.15) is 0 Å². The van der Waals surface area contributed by atoms with Crippen LogP contribution < -0.4 is 16.0 Å². The van der Waals surface area contributed by atoms with Gasteiger partial charge in [0.15, 0.2) is 0 Å². The zero-order chi connectivity index (χ0) is 14.1. The smallest absolute Gasteiger partial charge is 0.221 e. The Hall–Kier alpha value is -1.88. The van der Waals surface area contributed by atoms with Crippen molar-refractivity contribution >= 4 is 17.5 Å². The fourth-order valence-corrected chi connectivity index (χ4v) is 1.63. The predicted octanol–water partition coefficient (Wildman–Crippen LogP) is 1.26. The van der Waals surface area contributed by atoms with E-state index in [-0.39, 0.29) is 11.8 Å². The molecule has 0 radical (unpaired) electrons. The van der Waals surface area contributed by atoms with Crippen LogP contribution in [-0.4, -0.2) is 24.9 Å². The molecular weight excluding hydrogens is 242 g/mol. The highest BCUT2D eigenvalue weighted by atomic mass is 16.2. The van der Waals surface area contributed by atoms with Gasteiger partial charge >= 0.3 is 0 Å². The third-order valence-corrected chi connectivity index (χ3v) is 2.51. The Morgan fingerprint density at radius 1 is 1.16 bits per heavy atom. The van der Waals surface area contributed by atoms with Crippen LogP contribution in [0.25, 0.3) is 0 Å². The molecule has 0 fully saturated rings. The average molecular weight is 263 g/mol. The van der Waals surface area contributed by atoms with Gasteiger partial charge in [-0.2, -0.15) is 0 Å². The van der Waals surface area contributed by atoms with Crippen molar-refractivity contribution in [2.24, 2.45) is 0 Å². The standard InChI is InChI=1S/C14H21N3O2/c1-3-16-14(19)8-9-15-10-12-4-6-13(7-5-12)17-11(2)18/h4-7,15H,3,8-10H2,1-2H3,(H,16,19)(H,17,18). The number of anilines is 1. The first-order chi connectivity index (χ1) is 9.11. The number of hydrogen-bond acceptors (Lipinski definition) is 3. The second kappa shape index (κ2) is 8.26. The number of nitrogens with one attached hydrogen (secondary N) is 3. The third-order valence-electron chi connectivity index (χ3n) is 2.51. The van der Waals surface area contributed by atoms with E-state index in [4.69, 9.17) is 0 Å². The monoisotopic (exact) mass is 263 g/mol. The zero-order valence-corrected chi connectivity index (χ0v) is 11.5. The van der Waals surface area contributed by atoms with Crippen molar-refractivity contribution in [3.05, 3.63) is 29.8 Å². The quantitative estimate of drug-likeness (QED) is 0.649. The highest BCUT2D eigenvalue weighted by molar-refractivity contribution is 5.88. The molecule has 104 valence electrons. The minimum atomic E-state index is -0.0761. The van der Waals surface area contributed by atoms with Crippen LogP contribution in [0.3, 0.4) is 0 Å². The molecule has 0 saturated carbocycles. The second-order valence-electron chi connectivity index (χ2n) is 4.26. The van der Waals surface area contributed by atoms with E-state index in [1.165, 1.54) is 6.92 Å². The molecule has 1 rings (SSSR count). The molecule has 0 aliphatic rings. The second-order valence-corrected chi connectivity index (χ2v) is 4.26. The fraction of sp³-hybridized carbons (Fsp3) is 0.429. The van der Waals surface area contributed by atoms with E-state index in [2.05, 4.69) is 16.0 Å². The van der Waals surface area contributed by atoms with Crippen LogP contribution in [-0.2, 0) is 16.1 Å². The molecule has 0 atom stereocenters. The summed E-state index contributed by atoms with van der Waals surface area (Å²) in [5.74, 6) is -0.0104. The van der Waals surface area contributed by atoms with E-state index in [1.807, 2.05) is 31.2 Å². The Morgan fingerprint density at radius 2 is 1.84 bits per heavy atom. The molecule has 1 aromatic carbocycles. The first kappa shape index (κ1) is 15.2. The normalized spacial score (nSPS) is 10.0. The molecular formula is C14H21N3O2. The van der Waals surface area contributed by atoms with E-state index in [0.717, 1.165) is 11.3 Å². The minimum Gasteiger partial charge on any atom is -0.356 e. The van der Waals surface area contributed by atoms with Crippen LogP contribution in [0.15, 0.2) is 24.3 Å². The summed E-state index contributed by atoms with van der Waals surface area (Å²) in [6.45, 7) is 5.42. The number of carbonyl (C=O) groups is 2. The van der Waals surface area contributed by atoms with Crippen molar-refractivity contribution in [1.29, 1.82) is 0 Å². The Kier molecular flexibility index (Phi) is 6.60. The summed E-state index contributed by atoms with van der Waals surface area (Å²) in [6.07, 6.45) is 0.484. The summed E-state index contributed by atoms with van der Waals surface area (Å²) >= 11 is 0. The molecule has 0 aliphatic heterocycles. The largest absolute Gasteiger partial charge is 0.356 e. The summed E-state index contributed by atoms with van der Waals surface area (Å²) < 4.78 is 0. The molecule has 0 heterocycles. The van der Waals surface area contributed by atoms with E-state index < -0.39 is 0 Å². The number of benzene rings is 1. The molecule has 5 heteroatoms. The molecule has 0 unspecified atom stereocenters. The Balaban J connectivity index is 2.26. The van der Waals surface area contributed by atoms with Gasteiger partial charge in [-0.1, -0.05) is 12.1 Å². The SMILES string of the molecule is CCNC(=O)CCNCc1ccc(NC(C)=O)cc1. The van der Waals surface area contributed by atoms with Crippen LogP contribution in [0.5, 0.6) is 0 Å². The van der Waals surface area contributed by atoms with Gasteiger partial charge < -0.3 is 16.0 Å². The van der Waals surface area contributed by atoms with E-state index in [0.29, 0.717) is 26.1 Å². The van der Waals surface area contributed by atoms with Crippen molar-refractivity contribution in [3.63, 3.8) is 0 Å². The molecule has 5 nitrogen and oxygen atoms in total. The number of hydrogen-bond donors (Lipinski definition) is 3. The van der Waals surface area contributed by atoms with Gasteiger partial charge in [0, 0.05) is 38.7 Å². The first-order valence-electron chi connectivity index (χ1n) is 6.45. The van der Waals surface area contributed by atoms with Crippen LogP contribution >= 0.6 is 0 Å². The van der Waals surface area contributed by atoms with Gasteiger partial charge in [-0.15, -0.1) is 0 Å². The van der Waals surface area contributed by atoms with Gasteiger partial charge in [-0.3, -0.25) is 9.59 Å². The number of amides is 2. The summed E-state index contributed by atoms with van der Waals surface area (Å²) in [5.41, 5.74) is 1.91. The van der Waals surface area contributed by atoms with Gasteiger partial charge in [0.2, 0.25) is 11.8 Å². The number of rotatable bonds is 7. The van der Waals surface area contributed by atoms with E-state index in [9.17, 15) is 9.59 Å². The Bertz CT molecular complexity index is 415. The molecule has 2 amide bonds. The maximum absolute atomic E-state index is 11.2. The summed E-state index contributed by atoms with van der Waals surface area (Å²) in [6, 6.07) is 7.62. The molecule has 0 aliphatic carbocycles. The lowest BCUT2D eigenvalue weighted by atomic mass is 10.2. The highest BCUT2D eigenvalue weighted by Crippen LogP contribution is 2.09. The van der Waals surface area contributed by atoms with Gasteiger partial charge in [-0.05, 0) is 24.6 Å². The lowest BCUT2D eigenvalue weighted by molar-refractivity contribution is -0.121. The molecule has 0 spiro atoms. The molecule has 19 heavy (non-hydrogen) atoms. The minimum absolute atomic E-state index is 0.0657. The van der Waals surface area contributed by atoms with Crippen molar-refractivity contribution in [1.82, 2.24) is 10.6 Å². The van der Waals surface area contributed by atoms with Crippen LogP contribution in [0.1, 0.15) is 25.8 Å². The summed E-state index contributed by atoms with van der Waals surface area (Å²) in [5, 5.41) is 8.67. The van der Waals surface area contributed by atoms with Crippen LogP contribution in [0.4, 0.5) is 5.69 Å².